The predicted molar refractivity (Wildman–Crippen MR) is 64.6 cm³/mol. The minimum Gasteiger partial charge on any atom is -0.381 e. The highest BCUT2D eigenvalue weighted by atomic mass is 35.5. The van der Waals surface area contributed by atoms with Crippen molar-refractivity contribution in [3.63, 3.8) is 0 Å². The van der Waals surface area contributed by atoms with E-state index in [4.69, 9.17) is 16.3 Å². The Labute approximate surface area is 101 Å². The number of hydrogen-bond donors (Lipinski definition) is 1. The first-order valence-electron chi connectivity index (χ1n) is 5.73. The maximum absolute atomic E-state index is 6.19. The van der Waals surface area contributed by atoms with Gasteiger partial charge >= 0.3 is 0 Å². The molecule has 1 aliphatic rings. The van der Waals surface area contributed by atoms with Crippen LogP contribution in [0.4, 0.5) is 0 Å². The van der Waals surface area contributed by atoms with Gasteiger partial charge in [0.25, 0.3) is 0 Å². The molecule has 2 heterocycles. The molecule has 3 nitrogen and oxygen atoms in total. The number of rotatable bonds is 4. The van der Waals surface area contributed by atoms with Gasteiger partial charge in [0.1, 0.15) is 0 Å². The van der Waals surface area contributed by atoms with Crippen molar-refractivity contribution in [2.75, 3.05) is 19.8 Å². The van der Waals surface area contributed by atoms with Gasteiger partial charge in [-0.1, -0.05) is 18.5 Å². The highest BCUT2D eigenvalue weighted by Crippen LogP contribution is 2.32. The second kappa shape index (κ2) is 5.62. The fraction of sp³-hybridized carbons (Fsp3) is 0.583. The van der Waals surface area contributed by atoms with Gasteiger partial charge in [-0.3, -0.25) is 4.98 Å². The first kappa shape index (κ1) is 11.8. The van der Waals surface area contributed by atoms with E-state index in [-0.39, 0.29) is 6.04 Å². The zero-order valence-corrected chi connectivity index (χ0v) is 10.2. The second-order valence-corrected chi connectivity index (χ2v) is 4.46. The van der Waals surface area contributed by atoms with Crippen LogP contribution in [0.25, 0.3) is 0 Å². The molecule has 1 N–H and O–H groups in total. The Kier molecular flexibility index (Phi) is 4.16. The number of halogens is 1. The quantitative estimate of drug-likeness (QED) is 0.878. The maximum atomic E-state index is 6.19. The number of hydrogen-bond acceptors (Lipinski definition) is 3. The molecule has 1 saturated heterocycles. The summed E-state index contributed by atoms with van der Waals surface area (Å²) in [6.45, 7) is 4.71. The lowest BCUT2D eigenvalue weighted by Gasteiger charge is -2.24. The van der Waals surface area contributed by atoms with Gasteiger partial charge in [-0.2, -0.15) is 0 Å². The Morgan fingerprint density at radius 2 is 2.56 bits per heavy atom. The molecule has 1 fully saturated rings. The third-order valence-corrected chi connectivity index (χ3v) is 3.32. The molecule has 0 aliphatic carbocycles. The molecule has 0 aromatic carbocycles. The molecule has 2 rings (SSSR count). The minimum atomic E-state index is 0.281. The van der Waals surface area contributed by atoms with Gasteiger partial charge < -0.3 is 10.1 Å². The van der Waals surface area contributed by atoms with Crippen LogP contribution in [0.3, 0.4) is 0 Å². The smallest absolute Gasteiger partial charge is 0.0637 e. The summed E-state index contributed by atoms with van der Waals surface area (Å²) < 4.78 is 5.45. The van der Waals surface area contributed by atoms with Crippen LogP contribution in [0, 0.1) is 5.92 Å². The van der Waals surface area contributed by atoms with Gasteiger partial charge in [0.2, 0.25) is 0 Å². The average Bonchev–Trinajstić information content (AvgIpc) is 2.80. The lowest BCUT2D eigenvalue weighted by atomic mass is 9.93. The average molecular weight is 241 g/mol. The Balaban J connectivity index is 2.21. The topological polar surface area (TPSA) is 34.2 Å². The van der Waals surface area contributed by atoms with Gasteiger partial charge in [0.05, 0.1) is 11.6 Å². The van der Waals surface area contributed by atoms with Crippen molar-refractivity contribution in [1.82, 2.24) is 10.3 Å². The summed E-state index contributed by atoms with van der Waals surface area (Å²) in [5.41, 5.74) is 1.13. The van der Waals surface area contributed by atoms with Crippen molar-refractivity contribution in [2.45, 2.75) is 19.4 Å². The molecule has 2 atom stereocenters. The summed E-state index contributed by atoms with van der Waals surface area (Å²) in [6, 6.07) is 2.27. The molecule has 88 valence electrons. The van der Waals surface area contributed by atoms with E-state index < -0.39 is 0 Å². The standard InChI is InChI=1S/C12H17ClN2O/c1-2-15-12(9-4-6-16-8-9)10-3-5-14-7-11(10)13/h3,5,7,9,12,15H,2,4,6,8H2,1H3. The van der Waals surface area contributed by atoms with E-state index in [2.05, 4.69) is 17.2 Å². The third-order valence-electron chi connectivity index (χ3n) is 3.00. The van der Waals surface area contributed by atoms with E-state index in [1.54, 1.807) is 12.4 Å². The van der Waals surface area contributed by atoms with Crippen LogP contribution in [0.15, 0.2) is 18.5 Å². The zero-order chi connectivity index (χ0) is 11.4. The van der Waals surface area contributed by atoms with E-state index in [1.807, 2.05) is 6.07 Å². The number of ether oxygens (including phenoxy) is 1. The first-order valence-corrected chi connectivity index (χ1v) is 6.11. The fourth-order valence-corrected chi connectivity index (χ4v) is 2.44. The van der Waals surface area contributed by atoms with Crippen molar-refractivity contribution in [3.05, 3.63) is 29.0 Å². The Morgan fingerprint density at radius 3 is 3.19 bits per heavy atom. The molecule has 1 aromatic rings. The molecular weight excluding hydrogens is 224 g/mol. The molecule has 0 saturated carbocycles. The van der Waals surface area contributed by atoms with E-state index in [0.29, 0.717) is 5.92 Å². The number of nitrogens with zero attached hydrogens (tertiary/aromatic N) is 1. The summed E-state index contributed by atoms with van der Waals surface area (Å²) in [6.07, 6.45) is 4.59. The third kappa shape index (κ3) is 2.54. The van der Waals surface area contributed by atoms with Gasteiger partial charge in [0, 0.05) is 31.0 Å². The van der Waals surface area contributed by atoms with Crippen LogP contribution < -0.4 is 5.32 Å². The SMILES string of the molecule is CCNC(c1ccncc1Cl)C1CCOC1. The Hall–Kier alpha value is -0.640. The number of aromatic nitrogens is 1. The second-order valence-electron chi connectivity index (χ2n) is 4.06. The lowest BCUT2D eigenvalue weighted by Crippen LogP contribution is -2.28. The highest BCUT2D eigenvalue weighted by Gasteiger charge is 2.27. The fourth-order valence-electron chi connectivity index (χ4n) is 2.20. The van der Waals surface area contributed by atoms with Crippen molar-refractivity contribution >= 4 is 11.6 Å². The zero-order valence-electron chi connectivity index (χ0n) is 9.45. The molecule has 0 amide bonds. The summed E-state index contributed by atoms with van der Waals surface area (Å²) >= 11 is 6.19. The van der Waals surface area contributed by atoms with Crippen LogP contribution in [-0.4, -0.2) is 24.7 Å². The Bertz CT molecular complexity index is 340. The largest absolute Gasteiger partial charge is 0.381 e. The normalized spacial score (nSPS) is 22.2. The number of pyridine rings is 1. The molecule has 2 unspecified atom stereocenters. The predicted octanol–water partition coefficient (Wildman–Crippen LogP) is 2.42. The van der Waals surface area contributed by atoms with E-state index in [9.17, 15) is 0 Å². The molecule has 0 spiro atoms. The van der Waals surface area contributed by atoms with Gasteiger partial charge in [-0.25, -0.2) is 0 Å². The maximum Gasteiger partial charge on any atom is 0.0637 e. The van der Waals surface area contributed by atoms with Crippen LogP contribution >= 0.6 is 11.6 Å². The van der Waals surface area contributed by atoms with Gasteiger partial charge in [-0.15, -0.1) is 0 Å². The van der Waals surface area contributed by atoms with Gasteiger partial charge in [-0.05, 0) is 24.6 Å². The van der Waals surface area contributed by atoms with Crippen molar-refractivity contribution in [1.29, 1.82) is 0 Å². The molecule has 0 bridgehead atoms. The van der Waals surface area contributed by atoms with E-state index in [0.717, 1.165) is 36.8 Å². The van der Waals surface area contributed by atoms with Crippen LogP contribution in [0.2, 0.25) is 5.02 Å². The lowest BCUT2D eigenvalue weighted by molar-refractivity contribution is 0.177. The molecule has 1 aliphatic heterocycles. The van der Waals surface area contributed by atoms with Gasteiger partial charge in [0.15, 0.2) is 0 Å². The molecule has 0 radical (unpaired) electrons. The van der Waals surface area contributed by atoms with Crippen LogP contribution in [-0.2, 0) is 4.74 Å². The summed E-state index contributed by atoms with van der Waals surface area (Å²) in [5, 5.41) is 4.23. The first-order chi connectivity index (χ1) is 7.83. The Morgan fingerprint density at radius 1 is 1.69 bits per heavy atom. The summed E-state index contributed by atoms with van der Waals surface area (Å²) in [5.74, 6) is 0.514. The molecule has 16 heavy (non-hydrogen) atoms. The summed E-state index contributed by atoms with van der Waals surface area (Å²) in [4.78, 5) is 4.02. The van der Waals surface area contributed by atoms with Crippen molar-refractivity contribution < 1.29 is 4.74 Å². The minimum absolute atomic E-state index is 0.281. The monoisotopic (exact) mass is 240 g/mol. The van der Waals surface area contributed by atoms with Crippen molar-refractivity contribution in [3.8, 4) is 0 Å². The highest BCUT2D eigenvalue weighted by molar-refractivity contribution is 6.31. The molecular formula is C12H17ClN2O. The van der Waals surface area contributed by atoms with Crippen molar-refractivity contribution in [2.24, 2.45) is 5.92 Å². The molecule has 4 heteroatoms. The van der Waals surface area contributed by atoms with Crippen LogP contribution in [0.1, 0.15) is 24.9 Å². The molecule has 1 aromatic heterocycles. The van der Waals surface area contributed by atoms with E-state index in [1.165, 1.54) is 0 Å². The van der Waals surface area contributed by atoms with Crippen LogP contribution in [0.5, 0.6) is 0 Å². The van der Waals surface area contributed by atoms with E-state index >= 15 is 0 Å². The summed E-state index contributed by atoms with van der Waals surface area (Å²) in [7, 11) is 0. The number of nitrogens with one attached hydrogen (secondary N) is 1.